The second-order valence-electron chi connectivity index (χ2n) is 4.35. The summed E-state index contributed by atoms with van der Waals surface area (Å²) in [6, 6.07) is 0. The molecule has 0 spiro atoms. The molecule has 1 rings (SSSR count). The van der Waals surface area contributed by atoms with Crippen molar-refractivity contribution in [1.82, 2.24) is 5.32 Å². The average molecular weight is 244 g/mol. The standard InChI is InChI=1S/C11H20N2O2S/c1-4-15-9(14)5-7-12-10-13-11(2,3)6-8-16-10/h4-8H2,1-3H3,(H,12,13). The maximum absolute atomic E-state index is 11.1. The molecule has 0 aromatic heterocycles. The fourth-order valence-electron chi connectivity index (χ4n) is 1.36. The minimum atomic E-state index is -0.174. The SMILES string of the molecule is CCOC(=O)CCN=C1NC(C)(C)CCS1. The fourth-order valence-corrected chi connectivity index (χ4v) is 2.69. The first kappa shape index (κ1) is 13.4. The minimum absolute atomic E-state index is 0.119. The van der Waals surface area contributed by atoms with Crippen LogP contribution in [0.5, 0.6) is 0 Å². The maximum atomic E-state index is 11.1. The van der Waals surface area contributed by atoms with E-state index in [1.807, 2.05) is 6.92 Å². The number of aliphatic imine (C=N–C) groups is 1. The molecule has 1 aliphatic heterocycles. The second-order valence-corrected chi connectivity index (χ2v) is 5.43. The van der Waals surface area contributed by atoms with Crippen molar-refractivity contribution in [3.63, 3.8) is 0 Å². The van der Waals surface area contributed by atoms with Gasteiger partial charge in [0.25, 0.3) is 0 Å². The summed E-state index contributed by atoms with van der Waals surface area (Å²) in [7, 11) is 0. The van der Waals surface area contributed by atoms with Crippen LogP contribution >= 0.6 is 11.8 Å². The molecule has 0 unspecified atom stereocenters. The van der Waals surface area contributed by atoms with Crippen molar-refractivity contribution >= 4 is 22.9 Å². The molecule has 4 nitrogen and oxygen atoms in total. The molecule has 0 bridgehead atoms. The molecule has 1 saturated heterocycles. The van der Waals surface area contributed by atoms with Gasteiger partial charge in [0.1, 0.15) is 0 Å². The third kappa shape index (κ3) is 4.88. The summed E-state index contributed by atoms with van der Waals surface area (Å²) in [5, 5.41) is 4.30. The third-order valence-corrected chi connectivity index (χ3v) is 3.20. The Morgan fingerprint density at radius 3 is 3.00 bits per heavy atom. The van der Waals surface area contributed by atoms with E-state index < -0.39 is 0 Å². The average Bonchev–Trinajstić information content (AvgIpc) is 2.16. The molecule has 0 saturated carbocycles. The van der Waals surface area contributed by atoms with Gasteiger partial charge in [-0.15, -0.1) is 0 Å². The Hall–Kier alpha value is -0.710. The van der Waals surface area contributed by atoms with Crippen molar-refractivity contribution in [2.75, 3.05) is 18.9 Å². The van der Waals surface area contributed by atoms with Gasteiger partial charge in [-0.25, -0.2) is 0 Å². The van der Waals surface area contributed by atoms with Gasteiger partial charge in [0, 0.05) is 11.3 Å². The minimum Gasteiger partial charge on any atom is -0.466 e. The van der Waals surface area contributed by atoms with Crippen LogP contribution in [0.1, 0.15) is 33.6 Å². The van der Waals surface area contributed by atoms with E-state index >= 15 is 0 Å². The first-order valence-corrected chi connectivity index (χ1v) is 6.63. The maximum Gasteiger partial charge on any atom is 0.307 e. The summed E-state index contributed by atoms with van der Waals surface area (Å²) < 4.78 is 4.84. The van der Waals surface area contributed by atoms with Crippen molar-refractivity contribution in [1.29, 1.82) is 0 Å². The number of hydrogen-bond acceptors (Lipinski definition) is 4. The lowest BCUT2D eigenvalue weighted by molar-refractivity contribution is -0.142. The van der Waals surface area contributed by atoms with Crippen LogP contribution in [0, 0.1) is 0 Å². The highest BCUT2D eigenvalue weighted by Gasteiger charge is 2.23. The van der Waals surface area contributed by atoms with Crippen LogP contribution in [0.2, 0.25) is 0 Å². The predicted molar refractivity (Wildman–Crippen MR) is 67.8 cm³/mol. The van der Waals surface area contributed by atoms with E-state index in [-0.39, 0.29) is 11.5 Å². The van der Waals surface area contributed by atoms with E-state index in [9.17, 15) is 4.79 Å². The van der Waals surface area contributed by atoms with Crippen LogP contribution in [0.4, 0.5) is 0 Å². The number of ether oxygens (including phenoxy) is 1. The van der Waals surface area contributed by atoms with Gasteiger partial charge in [-0.05, 0) is 27.2 Å². The van der Waals surface area contributed by atoms with Crippen LogP contribution in [0.25, 0.3) is 0 Å². The van der Waals surface area contributed by atoms with Gasteiger partial charge in [-0.3, -0.25) is 9.79 Å². The molecule has 1 fully saturated rings. The number of carbonyl (C=O) groups is 1. The van der Waals surface area contributed by atoms with Gasteiger partial charge >= 0.3 is 5.97 Å². The van der Waals surface area contributed by atoms with Crippen LogP contribution in [0.15, 0.2) is 4.99 Å². The second kappa shape index (κ2) is 6.13. The van der Waals surface area contributed by atoms with E-state index in [1.54, 1.807) is 11.8 Å². The first-order chi connectivity index (χ1) is 7.53. The Bertz CT molecular complexity index is 277. The molecule has 1 heterocycles. The third-order valence-electron chi connectivity index (χ3n) is 2.29. The number of thioether (sulfide) groups is 1. The van der Waals surface area contributed by atoms with Crippen LogP contribution in [-0.4, -0.2) is 35.6 Å². The van der Waals surface area contributed by atoms with Crippen LogP contribution in [-0.2, 0) is 9.53 Å². The Labute approximate surface area is 101 Å². The summed E-state index contributed by atoms with van der Waals surface area (Å²) in [6.45, 7) is 7.08. The molecular weight excluding hydrogens is 224 g/mol. The highest BCUT2D eigenvalue weighted by atomic mass is 32.2. The number of rotatable bonds is 4. The molecular formula is C11H20N2O2S. The van der Waals surface area contributed by atoms with Gasteiger partial charge in [-0.2, -0.15) is 0 Å². The number of carbonyl (C=O) groups excluding carboxylic acids is 1. The van der Waals surface area contributed by atoms with Crippen LogP contribution in [0.3, 0.4) is 0 Å². The Morgan fingerprint density at radius 2 is 2.38 bits per heavy atom. The lowest BCUT2D eigenvalue weighted by Gasteiger charge is -2.32. The zero-order chi connectivity index (χ0) is 12.0. The van der Waals surface area contributed by atoms with E-state index in [1.165, 1.54) is 0 Å². The highest BCUT2D eigenvalue weighted by Crippen LogP contribution is 2.21. The smallest absolute Gasteiger partial charge is 0.307 e. The summed E-state index contributed by atoms with van der Waals surface area (Å²) in [4.78, 5) is 15.5. The van der Waals surface area contributed by atoms with Crippen molar-refractivity contribution in [2.24, 2.45) is 4.99 Å². The Kier molecular flexibility index (Phi) is 5.12. The molecule has 0 aliphatic carbocycles. The number of hydrogen-bond donors (Lipinski definition) is 1. The Balaban J connectivity index is 2.31. The number of nitrogens with zero attached hydrogens (tertiary/aromatic N) is 1. The zero-order valence-electron chi connectivity index (χ0n) is 10.2. The van der Waals surface area contributed by atoms with Gasteiger partial charge in [0.05, 0.1) is 19.6 Å². The molecule has 0 amide bonds. The zero-order valence-corrected chi connectivity index (χ0v) is 11.0. The van der Waals surface area contributed by atoms with Crippen LogP contribution < -0.4 is 5.32 Å². The molecule has 0 aromatic carbocycles. The molecule has 92 valence electrons. The predicted octanol–water partition coefficient (Wildman–Crippen LogP) is 1.80. The summed E-state index contributed by atoms with van der Waals surface area (Å²) in [6.07, 6.45) is 1.49. The molecule has 0 aromatic rings. The van der Waals surface area contributed by atoms with Gasteiger partial charge in [0.2, 0.25) is 0 Å². The van der Waals surface area contributed by atoms with E-state index in [0.29, 0.717) is 19.6 Å². The summed E-state index contributed by atoms with van der Waals surface area (Å²) >= 11 is 1.72. The molecule has 1 aliphatic rings. The summed E-state index contributed by atoms with van der Waals surface area (Å²) in [5.41, 5.74) is 0.119. The van der Waals surface area contributed by atoms with Crippen molar-refractivity contribution in [3.8, 4) is 0 Å². The largest absolute Gasteiger partial charge is 0.466 e. The Morgan fingerprint density at radius 1 is 1.62 bits per heavy atom. The molecule has 16 heavy (non-hydrogen) atoms. The quantitative estimate of drug-likeness (QED) is 0.766. The van der Waals surface area contributed by atoms with Gasteiger partial charge in [-0.1, -0.05) is 11.8 Å². The monoisotopic (exact) mass is 244 g/mol. The van der Waals surface area contributed by atoms with E-state index in [4.69, 9.17) is 4.74 Å². The van der Waals surface area contributed by atoms with Crippen molar-refractivity contribution in [2.45, 2.75) is 39.2 Å². The highest BCUT2D eigenvalue weighted by molar-refractivity contribution is 8.13. The van der Waals surface area contributed by atoms with E-state index in [0.717, 1.165) is 17.3 Å². The van der Waals surface area contributed by atoms with E-state index in [2.05, 4.69) is 24.2 Å². The molecule has 5 heteroatoms. The summed E-state index contributed by atoms with van der Waals surface area (Å²) in [5.74, 6) is 0.907. The molecule has 0 atom stereocenters. The number of amidine groups is 1. The lowest BCUT2D eigenvalue weighted by Crippen LogP contribution is -2.46. The fraction of sp³-hybridized carbons (Fsp3) is 0.818. The first-order valence-electron chi connectivity index (χ1n) is 5.64. The van der Waals surface area contributed by atoms with Gasteiger partial charge in [0.15, 0.2) is 5.17 Å². The van der Waals surface area contributed by atoms with Crippen molar-refractivity contribution in [3.05, 3.63) is 0 Å². The normalized spacial score (nSPS) is 21.6. The van der Waals surface area contributed by atoms with Gasteiger partial charge < -0.3 is 10.1 Å². The number of nitrogens with one attached hydrogen (secondary N) is 1. The molecule has 1 N–H and O–H groups in total. The topological polar surface area (TPSA) is 50.7 Å². The number of esters is 1. The van der Waals surface area contributed by atoms with Crippen molar-refractivity contribution < 1.29 is 9.53 Å². The molecule has 0 radical (unpaired) electrons. The lowest BCUT2D eigenvalue weighted by atomic mass is 10.0.